The molecule has 0 bridgehead atoms. The van der Waals surface area contributed by atoms with Crippen LogP contribution in [0.25, 0.3) is 0 Å². The Kier molecular flexibility index (Phi) is 5.04. The third-order valence-electron chi connectivity index (χ3n) is 2.15. The molecule has 0 N–H and O–H groups in total. The fourth-order valence-electron chi connectivity index (χ4n) is 1.33. The van der Waals surface area contributed by atoms with Gasteiger partial charge in [-0.05, 0) is 25.8 Å². The van der Waals surface area contributed by atoms with Crippen LogP contribution < -0.4 is 0 Å². The lowest BCUT2D eigenvalue weighted by Gasteiger charge is -2.13. The predicted octanol–water partition coefficient (Wildman–Crippen LogP) is 2.12. The lowest BCUT2D eigenvalue weighted by Crippen LogP contribution is -2.23. The number of rotatable bonds is 6. The van der Waals surface area contributed by atoms with Crippen molar-refractivity contribution < 1.29 is 8.85 Å². The predicted molar refractivity (Wildman–Crippen MR) is 58.0 cm³/mol. The molecule has 5 heteroatoms. The molecule has 2 unspecified atom stereocenters. The molecule has 1 rings (SSSR count). The topological polar surface area (TPSA) is 18.5 Å². The molecule has 0 amide bonds. The van der Waals surface area contributed by atoms with Crippen molar-refractivity contribution in [2.45, 2.75) is 30.6 Å². The van der Waals surface area contributed by atoms with Crippen molar-refractivity contribution in [3.8, 4) is 0 Å². The van der Waals surface area contributed by atoms with Crippen molar-refractivity contribution in [2.75, 3.05) is 13.2 Å². The Morgan fingerprint density at radius 2 is 1.54 bits per heavy atom. The molecule has 0 aromatic rings. The first-order valence-corrected chi connectivity index (χ1v) is 7.35. The van der Waals surface area contributed by atoms with Crippen molar-refractivity contribution in [1.82, 2.24) is 0 Å². The summed E-state index contributed by atoms with van der Waals surface area (Å²) in [5.74, 6) is 0.415. The Balaban J connectivity index is 2.22. The Morgan fingerprint density at radius 3 is 1.85 bits per heavy atom. The minimum Gasteiger partial charge on any atom is -0.397 e. The van der Waals surface area contributed by atoms with E-state index in [-0.39, 0.29) is 10.8 Å². The monoisotopic (exact) mass is 242 g/mol. The van der Waals surface area contributed by atoms with Crippen LogP contribution >= 0.6 is 23.2 Å². The van der Waals surface area contributed by atoms with Crippen LogP contribution in [0.4, 0.5) is 0 Å². The lowest BCUT2D eigenvalue weighted by atomic mass is 10.5. The molecule has 2 nitrogen and oxygen atoms in total. The molecule has 2 atom stereocenters. The van der Waals surface area contributed by atoms with Crippen molar-refractivity contribution in [3.05, 3.63) is 0 Å². The summed E-state index contributed by atoms with van der Waals surface area (Å²) in [6.07, 6.45) is 0. The second-order valence-corrected chi connectivity index (χ2v) is 6.13. The third kappa shape index (κ3) is 3.40. The molecule has 0 heterocycles. The summed E-state index contributed by atoms with van der Waals surface area (Å²) in [7, 11) is -1.48. The zero-order valence-corrected chi connectivity index (χ0v) is 10.7. The molecule has 0 aliphatic heterocycles. The average Bonchev–Trinajstić information content (AvgIpc) is 2.63. The Bertz CT molecular complexity index is 145. The van der Waals surface area contributed by atoms with Gasteiger partial charge in [0.15, 0.2) is 0 Å². The van der Waals surface area contributed by atoms with Crippen LogP contribution in [0.3, 0.4) is 0 Å². The fourth-order valence-corrected chi connectivity index (χ4v) is 4.62. The van der Waals surface area contributed by atoms with Crippen molar-refractivity contribution in [2.24, 2.45) is 5.92 Å². The molecule has 78 valence electrons. The van der Waals surface area contributed by atoms with Gasteiger partial charge in [-0.3, -0.25) is 0 Å². The summed E-state index contributed by atoms with van der Waals surface area (Å²) in [4.78, 5) is 0. The van der Waals surface area contributed by atoms with Crippen LogP contribution in [0.5, 0.6) is 0 Å². The van der Waals surface area contributed by atoms with E-state index in [0.29, 0.717) is 5.92 Å². The van der Waals surface area contributed by atoms with Gasteiger partial charge in [0, 0.05) is 13.2 Å². The third-order valence-corrected chi connectivity index (χ3v) is 5.81. The van der Waals surface area contributed by atoms with Gasteiger partial charge in [-0.15, -0.1) is 23.2 Å². The highest BCUT2D eigenvalue weighted by Crippen LogP contribution is 2.45. The number of halogens is 2. The van der Waals surface area contributed by atoms with E-state index >= 15 is 0 Å². The fraction of sp³-hybridized carbons (Fsp3) is 1.00. The molecule has 1 aliphatic carbocycles. The van der Waals surface area contributed by atoms with E-state index in [1.165, 1.54) is 0 Å². The first kappa shape index (κ1) is 11.8. The maximum absolute atomic E-state index is 5.93. The summed E-state index contributed by atoms with van der Waals surface area (Å²) in [5.41, 5.74) is 0. The Morgan fingerprint density at radius 1 is 1.08 bits per heavy atom. The van der Waals surface area contributed by atoms with E-state index in [0.717, 1.165) is 19.3 Å². The summed E-state index contributed by atoms with van der Waals surface area (Å²) >= 11 is 11.9. The molecule has 0 aromatic heterocycles. The standard InChI is InChI=1S/C8H16Cl2O2Si/c1-3-11-13(12-4-2)5-6-7(9)8(6)10/h6-8,13H,3-5H2,1-2H3. The molecule has 1 aliphatic rings. The van der Waals surface area contributed by atoms with E-state index in [2.05, 4.69) is 0 Å². The molecule has 13 heavy (non-hydrogen) atoms. The highest BCUT2D eigenvalue weighted by atomic mass is 35.5. The number of alkyl halides is 2. The van der Waals surface area contributed by atoms with Gasteiger partial charge in [-0.1, -0.05) is 0 Å². The Hall–Kier alpha value is 0.717. The molecule has 0 saturated heterocycles. The molecule has 0 spiro atoms. The summed E-state index contributed by atoms with van der Waals surface area (Å²) in [5, 5.41) is 0.273. The van der Waals surface area contributed by atoms with E-state index in [1.807, 2.05) is 13.8 Å². The zero-order valence-electron chi connectivity index (χ0n) is 8.00. The van der Waals surface area contributed by atoms with Gasteiger partial charge in [-0.2, -0.15) is 0 Å². The molecule has 1 fully saturated rings. The van der Waals surface area contributed by atoms with Gasteiger partial charge in [0.25, 0.3) is 0 Å². The zero-order chi connectivity index (χ0) is 9.84. The van der Waals surface area contributed by atoms with Crippen LogP contribution in [0.1, 0.15) is 13.8 Å². The molecular weight excluding hydrogens is 227 g/mol. The summed E-state index contributed by atoms with van der Waals surface area (Å²) < 4.78 is 11.1. The molecule has 0 radical (unpaired) electrons. The highest BCUT2D eigenvalue weighted by Gasteiger charge is 2.49. The van der Waals surface area contributed by atoms with Crippen LogP contribution in [0.2, 0.25) is 6.04 Å². The maximum Gasteiger partial charge on any atom is 0.321 e. The van der Waals surface area contributed by atoms with Crippen LogP contribution in [-0.2, 0) is 8.85 Å². The molecular formula is C8H16Cl2O2Si. The Labute approximate surface area is 91.3 Å². The normalized spacial score (nSPS) is 32.5. The van der Waals surface area contributed by atoms with Gasteiger partial charge in [0.1, 0.15) is 0 Å². The summed E-state index contributed by atoms with van der Waals surface area (Å²) in [6, 6.07) is 0.948. The van der Waals surface area contributed by atoms with Gasteiger partial charge in [0.05, 0.1) is 10.8 Å². The van der Waals surface area contributed by atoms with Crippen molar-refractivity contribution in [1.29, 1.82) is 0 Å². The number of hydrogen-bond donors (Lipinski definition) is 0. The van der Waals surface area contributed by atoms with Crippen molar-refractivity contribution >= 4 is 32.5 Å². The second-order valence-electron chi connectivity index (χ2n) is 3.13. The summed E-state index contributed by atoms with van der Waals surface area (Å²) in [6.45, 7) is 5.43. The smallest absolute Gasteiger partial charge is 0.321 e. The van der Waals surface area contributed by atoms with Gasteiger partial charge in [0.2, 0.25) is 0 Å². The van der Waals surface area contributed by atoms with Gasteiger partial charge in [-0.25, -0.2) is 0 Å². The quantitative estimate of drug-likeness (QED) is 0.525. The minimum absolute atomic E-state index is 0.137. The lowest BCUT2D eigenvalue weighted by molar-refractivity contribution is 0.212. The molecule has 1 saturated carbocycles. The largest absolute Gasteiger partial charge is 0.397 e. The first-order chi connectivity index (χ1) is 6.20. The second kappa shape index (κ2) is 5.56. The first-order valence-electron chi connectivity index (χ1n) is 4.72. The van der Waals surface area contributed by atoms with E-state index < -0.39 is 9.28 Å². The van der Waals surface area contributed by atoms with Crippen LogP contribution in [-0.4, -0.2) is 33.3 Å². The van der Waals surface area contributed by atoms with E-state index in [4.69, 9.17) is 32.1 Å². The van der Waals surface area contributed by atoms with E-state index in [1.54, 1.807) is 0 Å². The SMILES string of the molecule is CCO[SiH](CC1C(Cl)C1Cl)OCC. The maximum atomic E-state index is 5.93. The molecule has 0 aromatic carbocycles. The van der Waals surface area contributed by atoms with Gasteiger partial charge < -0.3 is 8.85 Å². The average molecular weight is 243 g/mol. The minimum atomic E-state index is -1.48. The van der Waals surface area contributed by atoms with Crippen LogP contribution in [0, 0.1) is 5.92 Å². The number of hydrogen-bond acceptors (Lipinski definition) is 2. The van der Waals surface area contributed by atoms with Crippen molar-refractivity contribution in [3.63, 3.8) is 0 Å². The van der Waals surface area contributed by atoms with Gasteiger partial charge >= 0.3 is 9.28 Å². The van der Waals surface area contributed by atoms with E-state index in [9.17, 15) is 0 Å². The highest BCUT2D eigenvalue weighted by molar-refractivity contribution is 6.46. The van der Waals surface area contributed by atoms with Crippen LogP contribution in [0.15, 0.2) is 0 Å².